The van der Waals surface area contributed by atoms with Crippen molar-refractivity contribution in [2.75, 3.05) is 0 Å². The molecule has 1 aliphatic carbocycles. The topological polar surface area (TPSA) is 20.7 Å². The highest BCUT2D eigenvalue weighted by Gasteiger charge is 2.37. The SMILES string of the molecule is CC1(C)c2ccccc2-c2ccc3c([nH]c4c3ccc3c5ccccc5n(-c5ccccc5)c34)c21. The molecule has 0 fully saturated rings. The molecular formula is C33H24N2. The molecule has 1 aliphatic rings. The Morgan fingerprint density at radius 3 is 2.14 bits per heavy atom. The maximum atomic E-state index is 3.96. The molecule has 166 valence electrons. The second-order valence-electron chi connectivity index (χ2n) is 10.3. The standard InChI is InChI=1S/C33H24N2/c1-33(2)27-14-8-6-12-21(27)23-16-17-24-25-18-19-26-22-13-7-9-15-28(22)35(20-10-4-3-5-11-20)32(26)31(25)34-30(24)29(23)33/h3-19,34H,1-2H3. The number of nitrogens with one attached hydrogen (secondary N) is 1. The molecule has 0 atom stereocenters. The Morgan fingerprint density at radius 1 is 0.571 bits per heavy atom. The van der Waals surface area contributed by atoms with Crippen LogP contribution in [0.5, 0.6) is 0 Å². The van der Waals surface area contributed by atoms with Gasteiger partial charge in [-0.15, -0.1) is 0 Å². The van der Waals surface area contributed by atoms with Crippen LogP contribution < -0.4 is 0 Å². The van der Waals surface area contributed by atoms with Crippen LogP contribution in [0.4, 0.5) is 0 Å². The van der Waals surface area contributed by atoms with E-state index in [0.717, 1.165) is 0 Å². The second-order valence-corrected chi connectivity index (χ2v) is 10.3. The molecule has 2 aromatic heterocycles. The van der Waals surface area contributed by atoms with Crippen molar-refractivity contribution < 1.29 is 0 Å². The first kappa shape index (κ1) is 19.1. The van der Waals surface area contributed by atoms with Crippen molar-refractivity contribution >= 4 is 43.6 Å². The van der Waals surface area contributed by atoms with Gasteiger partial charge in [0.2, 0.25) is 0 Å². The van der Waals surface area contributed by atoms with Gasteiger partial charge in [-0.25, -0.2) is 0 Å². The summed E-state index contributed by atoms with van der Waals surface area (Å²) in [7, 11) is 0. The Bertz CT molecular complexity index is 1970. The van der Waals surface area contributed by atoms with Gasteiger partial charge in [0.15, 0.2) is 0 Å². The van der Waals surface area contributed by atoms with E-state index < -0.39 is 0 Å². The molecule has 7 aromatic rings. The molecule has 35 heavy (non-hydrogen) atoms. The summed E-state index contributed by atoms with van der Waals surface area (Å²) in [6.45, 7) is 4.72. The van der Waals surface area contributed by atoms with E-state index in [9.17, 15) is 0 Å². The maximum absolute atomic E-state index is 3.96. The third-order valence-corrected chi connectivity index (χ3v) is 8.11. The van der Waals surface area contributed by atoms with E-state index in [1.165, 1.54) is 71.6 Å². The molecule has 0 radical (unpaired) electrons. The molecule has 2 heteroatoms. The number of para-hydroxylation sites is 2. The summed E-state index contributed by atoms with van der Waals surface area (Å²) in [6.07, 6.45) is 0. The van der Waals surface area contributed by atoms with Gasteiger partial charge in [0.1, 0.15) is 0 Å². The van der Waals surface area contributed by atoms with Gasteiger partial charge < -0.3 is 9.55 Å². The van der Waals surface area contributed by atoms with Gasteiger partial charge in [-0.2, -0.15) is 0 Å². The molecule has 0 unspecified atom stereocenters. The van der Waals surface area contributed by atoms with Gasteiger partial charge in [-0.1, -0.05) is 98.8 Å². The summed E-state index contributed by atoms with van der Waals surface area (Å²) < 4.78 is 2.42. The highest BCUT2D eigenvalue weighted by molar-refractivity contribution is 6.23. The van der Waals surface area contributed by atoms with Crippen molar-refractivity contribution in [2.24, 2.45) is 0 Å². The summed E-state index contributed by atoms with van der Waals surface area (Å²) in [5.74, 6) is 0. The Balaban J connectivity index is 1.57. The summed E-state index contributed by atoms with van der Waals surface area (Å²) in [4.78, 5) is 3.96. The Hall–Kier alpha value is -4.30. The second kappa shape index (κ2) is 6.43. The highest BCUT2D eigenvalue weighted by Crippen LogP contribution is 2.52. The molecule has 1 N–H and O–H groups in total. The van der Waals surface area contributed by atoms with Crippen LogP contribution in [0, 0.1) is 0 Å². The van der Waals surface area contributed by atoms with Crippen LogP contribution in [-0.4, -0.2) is 9.55 Å². The Labute approximate surface area is 203 Å². The Morgan fingerprint density at radius 2 is 1.26 bits per heavy atom. The van der Waals surface area contributed by atoms with Crippen molar-refractivity contribution in [3.8, 4) is 16.8 Å². The van der Waals surface area contributed by atoms with Gasteiger partial charge in [-0.05, 0) is 40.5 Å². The fourth-order valence-corrected chi connectivity index (χ4v) is 6.61. The van der Waals surface area contributed by atoms with Crippen molar-refractivity contribution in [2.45, 2.75) is 19.3 Å². The fraction of sp³-hybridized carbons (Fsp3) is 0.0909. The lowest BCUT2D eigenvalue weighted by molar-refractivity contribution is 0.665. The van der Waals surface area contributed by atoms with Gasteiger partial charge in [-0.3, -0.25) is 0 Å². The highest BCUT2D eigenvalue weighted by atomic mass is 15.0. The predicted octanol–water partition coefficient (Wildman–Crippen LogP) is 8.72. The molecular weight excluding hydrogens is 424 g/mol. The summed E-state index contributed by atoms with van der Waals surface area (Å²) in [5, 5.41) is 5.14. The van der Waals surface area contributed by atoms with Gasteiger partial charge in [0.25, 0.3) is 0 Å². The Kier molecular flexibility index (Phi) is 3.50. The smallest absolute Gasteiger partial charge is 0.0783 e. The molecule has 2 nitrogen and oxygen atoms in total. The van der Waals surface area contributed by atoms with E-state index in [1.807, 2.05) is 0 Å². The number of aromatic nitrogens is 2. The largest absolute Gasteiger partial charge is 0.353 e. The average molecular weight is 449 g/mol. The minimum absolute atomic E-state index is 0.0580. The van der Waals surface area contributed by atoms with Crippen LogP contribution in [0.2, 0.25) is 0 Å². The number of rotatable bonds is 1. The molecule has 5 aromatic carbocycles. The first-order valence-corrected chi connectivity index (χ1v) is 12.3. The van der Waals surface area contributed by atoms with Gasteiger partial charge in [0, 0.05) is 32.6 Å². The number of benzene rings is 5. The first-order valence-electron chi connectivity index (χ1n) is 12.3. The summed E-state index contributed by atoms with van der Waals surface area (Å²) in [5.41, 5.74) is 11.6. The molecule has 0 spiro atoms. The van der Waals surface area contributed by atoms with Crippen LogP contribution in [0.3, 0.4) is 0 Å². The van der Waals surface area contributed by atoms with Crippen molar-refractivity contribution in [1.29, 1.82) is 0 Å². The molecule has 8 rings (SSSR count). The first-order chi connectivity index (χ1) is 17.1. The molecule has 0 saturated heterocycles. The van der Waals surface area contributed by atoms with E-state index in [0.29, 0.717) is 0 Å². The molecule has 0 saturated carbocycles. The van der Waals surface area contributed by atoms with E-state index in [4.69, 9.17) is 0 Å². The number of fused-ring (bicyclic) bond motifs is 11. The van der Waals surface area contributed by atoms with Gasteiger partial charge >= 0.3 is 0 Å². The fourth-order valence-electron chi connectivity index (χ4n) is 6.61. The quantitative estimate of drug-likeness (QED) is 0.259. The summed E-state index contributed by atoms with van der Waals surface area (Å²) >= 11 is 0. The molecule has 0 amide bonds. The zero-order valence-corrected chi connectivity index (χ0v) is 19.8. The third-order valence-electron chi connectivity index (χ3n) is 8.11. The lowest BCUT2D eigenvalue weighted by Crippen LogP contribution is -2.15. The van der Waals surface area contributed by atoms with Crippen LogP contribution in [-0.2, 0) is 5.41 Å². The number of nitrogens with zero attached hydrogens (tertiary/aromatic N) is 1. The number of hydrogen-bond donors (Lipinski definition) is 1. The van der Waals surface area contributed by atoms with E-state index in [-0.39, 0.29) is 5.41 Å². The van der Waals surface area contributed by atoms with Crippen molar-refractivity contribution in [3.63, 3.8) is 0 Å². The number of hydrogen-bond acceptors (Lipinski definition) is 0. The molecule has 2 heterocycles. The third kappa shape index (κ3) is 2.29. The number of H-pyrrole nitrogens is 1. The van der Waals surface area contributed by atoms with Crippen LogP contribution in [0.25, 0.3) is 60.4 Å². The molecule has 0 bridgehead atoms. The lowest BCUT2D eigenvalue weighted by atomic mass is 9.81. The lowest BCUT2D eigenvalue weighted by Gasteiger charge is -2.22. The zero-order chi connectivity index (χ0) is 23.3. The van der Waals surface area contributed by atoms with Crippen LogP contribution in [0.15, 0.2) is 103 Å². The van der Waals surface area contributed by atoms with Gasteiger partial charge in [0.05, 0.1) is 22.1 Å². The minimum atomic E-state index is -0.0580. The minimum Gasteiger partial charge on any atom is -0.353 e. The van der Waals surface area contributed by atoms with Crippen LogP contribution >= 0.6 is 0 Å². The number of aromatic amines is 1. The van der Waals surface area contributed by atoms with E-state index in [2.05, 4.69) is 127 Å². The zero-order valence-electron chi connectivity index (χ0n) is 19.8. The van der Waals surface area contributed by atoms with Crippen molar-refractivity contribution in [3.05, 3.63) is 114 Å². The molecule has 0 aliphatic heterocycles. The normalized spacial score (nSPS) is 14.2. The van der Waals surface area contributed by atoms with E-state index >= 15 is 0 Å². The monoisotopic (exact) mass is 448 g/mol. The summed E-state index contributed by atoms with van der Waals surface area (Å²) in [6, 6.07) is 37.6. The maximum Gasteiger partial charge on any atom is 0.0783 e. The van der Waals surface area contributed by atoms with Crippen LogP contribution in [0.1, 0.15) is 25.0 Å². The average Bonchev–Trinajstić information content (AvgIpc) is 3.51. The predicted molar refractivity (Wildman–Crippen MR) is 148 cm³/mol. The van der Waals surface area contributed by atoms with E-state index in [1.54, 1.807) is 0 Å². The van der Waals surface area contributed by atoms with Crippen molar-refractivity contribution in [1.82, 2.24) is 9.55 Å².